The van der Waals surface area contributed by atoms with Crippen molar-refractivity contribution in [1.82, 2.24) is 9.88 Å². The van der Waals surface area contributed by atoms with E-state index in [1.165, 1.54) is 12.1 Å². The van der Waals surface area contributed by atoms with Crippen molar-refractivity contribution in [3.63, 3.8) is 0 Å². The smallest absolute Gasteiger partial charge is 0.241 e. The van der Waals surface area contributed by atoms with E-state index in [1.807, 2.05) is 0 Å². The molecule has 25 heavy (non-hydrogen) atoms. The number of nitrogen functional groups attached to an aromatic ring is 1. The molecule has 0 spiro atoms. The summed E-state index contributed by atoms with van der Waals surface area (Å²) in [7, 11) is 0. The van der Waals surface area contributed by atoms with Gasteiger partial charge in [0, 0.05) is 6.54 Å². The molecule has 1 aliphatic heterocycles. The van der Waals surface area contributed by atoms with Gasteiger partial charge in [0.1, 0.15) is 11.6 Å². The van der Waals surface area contributed by atoms with Crippen molar-refractivity contribution in [2.24, 2.45) is 0 Å². The van der Waals surface area contributed by atoms with Gasteiger partial charge in [0.25, 0.3) is 0 Å². The molecule has 1 atom stereocenters. The Hall–Kier alpha value is -1.89. The van der Waals surface area contributed by atoms with Crippen LogP contribution in [0.15, 0.2) is 42.6 Å². The van der Waals surface area contributed by atoms with Gasteiger partial charge in [-0.2, -0.15) is 0 Å². The summed E-state index contributed by atoms with van der Waals surface area (Å²) in [6, 6.07) is 9.61. The minimum Gasteiger partial charge on any atom is -0.384 e. The first kappa shape index (κ1) is 21.2. The van der Waals surface area contributed by atoms with Gasteiger partial charge in [0.15, 0.2) is 0 Å². The van der Waals surface area contributed by atoms with Gasteiger partial charge in [-0.05, 0) is 49.2 Å². The number of hydrogen-bond acceptors (Lipinski definition) is 4. The zero-order chi connectivity index (χ0) is 16.2. The standard InChI is InChI=1S/C17H19FN4O.2ClH/c18-13-5-3-12(4-6-13)11-22-9-1-2-15(22)17(23)21-14-7-8-16(19)20-10-14;;/h3-8,10,15H,1-2,9,11H2,(H2,19,20)(H,21,23);2*1H. The number of benzene rings is 1. The predicted molar refractivity (Wildman–Crippen MR) is 102 cm³/mol. The van der Waals surface area contributed by atoms with Crippen LogP contribution in [0.25, 0.3) is 0 Å². The molecular weight excluding hydrogens is 366 g/mol. The minimum atomic E-state index is -0.250. The Bertz CT molecular complexity index is 682. The molecule has 8 heteroatoms. The Labute approximate surface area is 158 Å². The van der Waals surface area contributed by atoms with Crippen molar-refractivity contribution in [2.75, 3.05) is 17.6 Å². The summed E-state index contributed by atoms with van der Waals surface area (Å²) in [6.45, 7) is 1.49. The van der Waals surface area contributed by atoms with E-state index in [9.17, 15) is 9.18 Å². The van der Waals surface area contributed by atoms with Gasteiger partial charge < -0.3 is 11.1 Å². The van der Waals surface area contributed by atoms with Crippen molar-refractivity contribution in [2.45, 2.75) is 25.4 Å². The Morgan fingerprint density at radius 1 is 1.24 bits per heavy atom. The van der Waals surface area contributed by atoms with Crippen LogP contribution < -0.4 is 11.1 Å². The second-order valence-electron chi connectivity index (χ2n) is 5.72. The highest BCUT2D eigenvalue weighted by Gasteiger charge is 2.30. The largest absolute Gasteiger partial charge is 0.384 e. The van der Waals surface area contributed by atoms with Crippen LogP contribution in [0, 0.1) is 5.82 Å². The SMILES string of the molecule is Cl.Cl.Nc1ccc(NC(=O)C2CCCN2Cc2ccc(F)cc2)cn1. The molecule has 1 amide bonds. The molecule has 2 heterocycles. The second-order valence-corrected chi connectivity index (χ2v) is 5.72. The average molecular weight is 387 g/mol. The van der Waals surface area contributed by atoms with Crippen LogP contribution in [-0.2, 0) is 11.3 Å². The molecule has 0 bridgehead atoms. The summed E-state index contributed by atoms with van der Waals surface area (Å²) in [4.78, 5) is 18.6. The molecule has 1 fully saturated rings. The number of aromatic nitrogens is 1. The van der Waals surface area contributed by atoms with Gasteiger partial charge >= 0.3 is 0 Å². The zero-order valence-corrected chi connectivity index (χ0v) is 15.2. The molecule has 0 radical (unpaired) electrons. The zero-order valence-electron chi connectivity index (χ0n) is 13.5. The molecule has 2 aromatic rings. The first-order valence-corrected chi connectivity index (χ1v) is 7.63. The van der Waals surface area contributed by atoms with Gasteiger partial charge in [-0.25, -0.2) is 9.37 Å². The number of amides is 1. The normalized spacial score (nSPS) is 16.6. The van der Waals surface area contributed by atoms with Crippen LogP contribution in [-0.4, -0.2) is 28.4 Å². The predicted octanol–water partition coefficient (Wildman–Crippen LogP) is 3.25. The van der Waals surface area contributed by atoms with Gasteiger partial charge in [0.05, 0.1) is 17.9 Å². The summed E-state index contributed by atoms with van der Waals surface area (Å²) in [5.41, 5.74) is 7.18. The third kappa shape index (κ3) is 5.56. The number of anilines is 2. The number of pyridine rings is 1. The number of carbonyl (C=O) groups excluding carboxylic acids is 1. The minimum absolute atomic E-state index is 0. The summed E-state index contributed by atoms with van der Waals surface area (Å²) in [5.74, 6) is 0.123. The Kier molecular flexibility index (Phi) is 8.09. The van der Waals surface area contributed by atoms with Gasteiger partial charge in [-0.1, -0.05) is 12.1 Å². The average Bonchev–Trinajstić information content (AvgIpc) is 3.00. The molecule has 1 aromatic heterocycles. The number of likely N-dealkylation sites (tertiary alicyclic amines) is 1. The lowest BCUT2D eigenvalue weighted by molar-refractivity contribution is -0.120. The lowest BCUT2D eigenvalue weighted by atomic mass is 10.1. The lowest BCUT2D eigenvalue weighted by Gasteiger charge is -2.23. The molecule has 136 valence electrons. The molecule has 1 aliphatic rings. The van der Waals surface area contributed by atoms with Crippen molar-refractivity contribution < 1.29 is 9.18 Å². The third-order valence-electron chi connectivity index (χ3n) is 4.02. The lowest BCUT2D eigenvalue weighted by Crippen LogP contribution is -2.39. The van der Waals surface area contributed by atoms with E-state index in [-0.39, 0.29) is 42.6 Å². The highest BCUT2D eigenvalue weighted by molar-refractivity contribution is 5.94. The van der Waals surface area contributed by atoms with Crippen molar-refractivity contribution in [3.8, 4) is 0 Å². The summed E-state index contributed by atoms with van der Waals surface area (Å²) in [6.07, 6.45) is 3.33. The topological polar surface area (TPSA) is 71.2 Å². The van der Waals surface area contributed by atoms with E-state index < -0.39 is 0 Å². The van der Waals surface area contributed by atoms with Crippen LogP contribution in [0.4, 0.5) is 15.9 Å². The number of nitrogens with two attached hydrogens (primary N) is 1. The third-order valence-corrected chi connectivity index (χ3v) is 4.02. The first-order valence-electron chi connectivity index (χ1n) is 7.63. The molecule has 3 rings (SSSR count). The fourth-order valence-corrected chi connectivity index (χ4v) is 2.84. The first-order chi connectivity index (χ1) is 11.1. The molecular formula is C17H21Cl2FN4O. The second kappa shape index (κ2) is 9.56. The number of hydrogen-bond donors (Lipinski definition) is 2. The van der Waals surface area contributed by atoms with Crippen LogP contribution in [0.5, 0.6) is 0 Å². The molecule has 0 saturated carbocycles. The number of nitrogens with zero attached hydrogens (tertiary/aromatic N) is 2. The maximum atomic E-state index is 13.0. The Morgan fingerprint density at radius 2 is 1.96 bits per heavy atom. The molecule has 3 N–H and O–H groups in total. The maximum Gasteiger partial charge on any atom is 0.241 e. The van der Waals surface area contributed by atoms with Crippen molar-refractivity contribution in [3.05, 3.63) is 54.0 Å². The number of carbonyl (C=O) groups is 1. The van der Waals surface area contributed by atoms with E-state index in [0.29, 0.717) is 18.1 Å². The summed E-state index contributed by atoms with van der Waals surface area (Å²) >= 11 is 0. The van der Waals surface area contributed by atoms with E-state index in [2.05, 4.69) is 15.2 Å². The molecule has 0 aliphatic carbocycles. The fourth-order valence-electron chi connectivity index (χ4n) is 2.84. The summed E-state index contributed by atoms with van der Waals surface area (Å²) in [5, 5.41) is 2.88. The summed E-state index contributed by atoms with van der Waals surface area (Å²) < 4.78 is 13.0. The number of halogens is 3. The van der Waals surface area contributed by atoms with Crippen LogP contribution >= 0.6 is 24.8 Å². The highest BCUT2D eigenvalue weighted by atomic mass is 35.5. The van der Waals surface area contributed by atoms with Crippen molar-refractivity contribution in [1.29, 1.82) is 0 Å². The van der Waals surface area contributed by atoms with E-state index in [0.717, 1.165) is 24.9 Å². The van der Waals surface area contributed by atoms with Crippen molar-refractivity contribution >= 4 is 42.2 Å². The molecule has 1 unspecified atom stereocenters. The van der Waals surface area contributed by atoms with Gasteiger partial charge in [-0.3, -0.25) is 9.69 Å². The van der Waals surface area contributed by atoms with E-state index in [4.69, 9.17) is 5.73 Å². The quantitative estimate of drug-likeness (QED) is 0.845. The van der Waals surface area contributed by atoms with Gasteiger partial charge in [-0.15, -0.1) is 24.8 Å². The van der Waals surface area contributed by atoms with E-state index in [1.54, 1.807) is 30.5 Å². The Balaban J connectivity index is 0.00000156. The van der Waals surface area contributed by atoms with E-state index >= 15 is 0 Å². The maximum absolute atomic E-state index is 13.0. The molecule has 1 aromatic carbocycles. The molecule has 5 nitrogen and oxygen atoms in total. The number of rotatable bonds is 4. The molecule has 1 saturated heterocycles. The van der Waals surface area contributed by atoms with Gasteiger partial charge in [0.2, 0.25) is 5.91 Å². The Morgan fingerprint density at radius 3 is 2.60 bits per heavy atom. The number of nitrogens with one attached hydrogen (secondary N) is 1. The fraction of sp³-hybridized carbons (Fsp3) is 0.294. The monoisotopic (exact) mass is 386 g/mol. The highest BCUT2D eigenvalue weighted by Crippen LogP contribution is 2.22. The van der Waals surface area contributed by atoms with Crippen LogP contribution in [0.1, 0.15) is 18.4 Å². The van der Waals surface area contributed by atoms with Crippen LogP contribution in [0.2, 0.25) is 0 Å². The van der Waals surface area contributed by atoms with Crippen LogP contribution in [0.3, 0.4) is 0 Å².